The quantitative estimate of drug-likeness (QED) is 0.0262. The molecule has 0 spiro atoms. The van der Waals surface area contributed by atoms with Gasteiger partial charge in [-0.05, 0) is 109 Å². The predicted octanol–water partition coefficient (Wildman–Crippen LogP) is 18.5. The number of esters is 3. The van der Waals surface area contributed by atoms with Crippen molar-refractivity contribution in [2.75, 3.05) is 13.2 Å². The van der Waals surface area contributed by atoms with E-state index in [4.69, 9.17) is 14.2 Å². The zero-order valence-electron chi connectivity index (χ0n) is 43.6. The van der Waals surface area contributed by atoms with Crippen LogP contribution in [0.15, 0.2) is 97.2 Å². The van der Waals surface area contributed by atoms with Gasteiger partial charge >= 0.3 is 17.9 Å². The highest BCUT2D eigenvalue weighted by Crippen LogP contribution is 2.14. The summed E-state index contributed by atoms with van der Waals surface area (Å²) in [7, 11) is 0. The Hall–Kier alpha value is -3.67. The van der Waals surface area contributed by atoms with Gasteiger partial charge in [0.1, 0.15) is 13.2 Å². The number of hydrogen-bond acceptors (Lipinski definition) is 6. The predicted molar refractivity (Wildman–Crippen MR) is 288 cm³/mol. The van der Waals surface area contributed by atoms with Gasteiger partial charge in [0.2, 0.25) is 0 Å². The van der Waals surface area contributed by atoms with Gasteiger partial charge in [-0.3, -0.25) is 14.4 Å². The number of allylic oxidation sites excluding steroid dienone is 16. The molecule has 1 atom stereocenters. The Balaban J connectivity index is 4.47. The van der Waals surface area contributed by atoms with Crippen molar-refractivity contribution in [3.63, 3.8) is 0 Å². The van der Waals surface area contributed by atoms with Gasteiger partial charge in [-0.1, -0.05) is 221 Å². The van der Waals surface area contributed by atoms with Gasteiger partial charge in [0.15, 0.2) is 6.10 Å². The molecule has 0 amide bonds. The van der Waals surface area contributed by atoms with Crippen LogP contribution in [0.1, 0.15) is 252 Å². The molecule has 0 radical (unpaired) electrons. The van der Waals surface area contributed by atoms with Crippen LogP contribution in [-0.2, 0) is 28.6 Å². The maximum Gasteiger partial charge on any atom is 0.306 e. The summed E-state index contributed by atoms with van der Waals surface area (Å²) in [6, 6.07) is 0. The van der Waals surface area contributed by atoms with E-state index in [2.05, 4.69) is 118 Å². The largest absolute Gasteiger partial charge is 0.462 e. The molecular weight excluding hydrogens is 829 g/mol. The van der Waals surface area contributed by atoms with Crippen LogP contribution in [-0.4, -0.2) is 37.2 Å². The molecule has 0 N–H and O–H groups in total. The molecule has 0 aliphatic rings. The summed E-state index contributed by atoms with van der Waals surface area (Å²) >= 11 is 0. The van der Waals surface area contributed by atoms with E-state index < -0.39 is 6.10 Å². The van der Waals surface area contributed by atoms with E-state index in [0.29, 0.717) is 19.3 Å². The van der Waals surface area contributed by atoms with Crippen LogP contribution in [0, 0.1) is 0 Å². The second-order valence-corrected chi connectivity index (χ2v) is 18.1. The van der Waals surface area contributed by atoms with Crippen LogP contribution < -0.4 is 0 Å². The fraction of sp³-hybridized carbons (Fsp3) is 0.689. The fourth-order valence-electron chi connectivity index (χ4n) is 7.39. The molecule has 6 heteroatoms. The van der Waals surface area contributed by atoms with E-state index in [-0.39, 0.29) is 37.5 Å². The standard InChI is InChI=1S/C61H102O6/c1-4-7-10-13-16-19-22-25-27-29-30-32-33-36-39-42-45-48-51-54-60(63)66-57-58(56-65-59(62)53-50-47-44-41-38-35-24-21-18-15-12-9-6-3)67-61(64)55-52-49-46-43-40-37-34-31-28-26-23-20-17-14-11-8-5-2/h8,11-12,15,17,20-21,24-28,34,37,43,46,58H,4-7,9-10,13-14,16,18-19,22-23,29-33,35-36,38-42,44-45,47-57H2,1-3H3/b11-8-,15-12-,20-17-,24-21-,27-25-,28-26-,37-34-,46-43-. The fourth-order valence-corrected chi connectivity index (χ4v) is 7.39. The molecular formula is C61H102O6. The Morgan fingerprint density at radius 2 is 0.627 bits per heavy atom. The van der Waals surface area contributed by atoms with Gasteiger partial charge in [-0.25, -0.2) is 0 Å². The van der Waals surface area contributed by atoms with Gasteiger partial charge < -0.3 is 14.2 Å². The van der Waals surface area contributed by atoms with Crippen molar-refractivity contribution in [2.45, 2.75) is 258 Å². The number of carbonyl (C=O) groups is 3. The molecule has 0 saturated heterocycles. The van der Waals surface area contributed by atoms with Crippen LogP contribution in [0.5, 0.6) is 0 Å². The first-order valence-corrected chi connectivity index (χ1v) is 27.7. The SMILES string of the molecule is CC/C=C\C/C=C\C/C=C\C/C=C\C/C=C\CCCC(=O)OC(COC(=O)CCCCCCC/C=C\C/C=C\CCC)COC(=O)CCCCCCCCCCC/C=C\CCCCCCCC. The molecule has 0 fully saturated rings. The Kier molecular flexibility index (Phi) is 51.9. The minimum absolute atomic E-state index is 0.106. The van der Waals surface area contributed by atoms with E-state index in [1.54, 1.807) is 0 Å². The number of ether oxygens (including phenoxy) is 3. The van der Waals surface area contributed by atoms with Crippen LogP contribution in [0.2, 0.25) is 0 Å². The third-order valence-corrected chi connectivity index (χ3v) is 11.5. The highest BCUT2D eigenvalue weighted by atomic mass is 16.6. The van der Waals surface area contributed by atoms with Crippen molar-refractivity contribution in [3.8, 4) is 0 Å². The van der Waals surface area contributed by atoms with Crippen molar-refractivity contribution in [2.24, 2.45) is 0 Å². The highest BCUT2D eigenvalue weighted by Gasteiger charge is 2.19. The topological polar surface area (TPSA) is 78.9 Å². The average molecular weight is 931 g/mol. The second-order valence-electron chi connectivity index (χ2n) is 18.1. The lowest BCUT2D eigenvalue weighted by Gasteiger charge is -2.18. The van der Waals surface area contributed by atoms with Crippen LogP contribution in [0.4, 0.5) is 0 Å². The molecule has 0 aliphatic carbocycles. The Morgan fingerprint density at radius 3 is 1.03 bits per heavy atom. The number of carbonyl (C=O) groups excluding carboxylic acids is 3. The molecule has 382 valence electrons. The minimum Gasteiger partial charge on any atom is -0.462 e. The lowest BCUT2D eigenvalue weighted by Crippen LogP contribution is -2.30. The van der Waals surface area contributed by atoms with Crippen molar-refractivity contribution in [3.05, 3.63) is 97.2 Å². The summed E-state index contributed by atoms with van der Waals surface area (Å²) in [5, 5.41) is 0. The minimum atomic E-state index is -0.814. The first-order chi connectivity index (χ1) is 33.0. The van der Waals surface area contributed by atoms with Crippen LogP contribution in [0.3, 0.4) is 0 Å². The first-order valence-electron chi connectivity index (χ1n) is 27.7. The molecule has 0 rings (SSSR count). The summed E-state index contributed by atoms with van der Waals surface area (Å²) in [6.07, 6.45) is 72.6. The second kappa shape index (κ2) is 54.9. The van der Waals surface area contributed by atoms with E-state index >= 15 is 0 Å². The van der Waals surface area contributed by atoms with E-state index in [1.807, 2.05) is 0 Å². The summed E-state index contributed by atoms with van der Waals surface area (Å²) < 4.78 is 16.8. The summed E-state index contributed by atoms with van der Waals surface area (Å²) in [6.45, 7) is 6.40. The Bertz CT molecular complexity index is 1350. The van der Waals surface area contributed by atoms with Gasteiger partial charge in [0.25, 0.3) is 0 Å². The first kappa shape index (κ1) is 63.3. The van der Waals surface area contributed by atoms with Gasteiger partial charge in [0, 0.05) is 19.3 Å². The van der Waals surface area contributed by atoms with Crippen molar-refractivity contribution in [1.29, 1.82) is 0 Å². The summed E-state index contributed by atoms with van der Waals surface area (Å²) in [5.41, 5.74) is 0. The number of rotatable bonds is 49. The maximum atomic E-state index is 12.8. The molecule has 1 unspecified atom stereocenters. The average Bonchev–Trinajstić information content (AvgIpc) is 3.33. The zero-order valence-corrected chi connectivity index (χ0v) is 43.6. The van der Waals surface area contributed by atoms with Gasteiger partial charge in [0.05, 0.1) is 0 Å². The smallest absolute Gasteiger partial charge is 0.306 e. The number of hydrogen-bond donors (Lipinski definition) is 0. The molecule has 0 aromatic rings. The maximum absolute atomic E-state index is 12.8. The Morgan fingerprint density at radius 1 is 0.313 bits per heavy atom. The molecule has 0 aliphatic heterocycles. The molecule has 0 aromatic carbocycles. The zero-order chi connectivity index (χ0) is 48.6. The summed E-state index contributed by atoms with van der Waals surface area (Å²) in [4.78, 5) is 38.1. The monoisotopic (exact) mass is 931 g/mol. The molecule has 0 aromatic heterocycles. The van der Waals surface area contributed by atoms with Gasteiger partial charge in [-0.2, -0.15) is 0 Å². The normalized spacial score (nSPS) is 12.8. The third-order valence-electron chi connectivity index (χ3n) is 11.5. The molecule has 0 saturated carbocycles. The van der Waals surface area contributed by atoms with Crippen molar-refractivity contribution in [1.82, 2.24) is 0 Å². The van der Waals surface area contributed by atoms with Crippen molar-refractivity contribution < 1.29 is 28.6 Å². The van der Waals surface area contributed by atoms with Gasteiger partial charge in [-0.15, -0.1) is 0 Å². The van der Waals surface area contributed by atoms with E-state index in [9.17, 15) is 14.4 Å². The Labute approximate surface area is 413 Å². The van der Waals surface area contributed by atoms with Crippen molar-refractivity contribution >= 4 is 17.9 Å². The van der Waals surface area contributed by atoms with E-state index in [1.165, 1.54) is 96.3 Å². The third kappa shape index (κ3) is 53.2. The van der Waals surface area contributed by atoms with Crippen LogP contribution >= 0.6 is 0 Å². The highest BCUT2D eigenvalue weighted by molar-refractivity contribution is 5.71. The molecule has 0 bridgehead atoms. The molecule has 67 heavy (non-hydrogen) atoms. The summed E-state index contributed by atoms with van der Waals surface area (Å²) in [5.74, 6) is -0.981. The molecule has 0 heterocycles. The van der Waals surface area contributed by atoms with Crippen LogP contribution in [0.25, 0.3) is 0 Å². The number of unbranched alkanes of at least 4 members (excludes halogenated alkanes) is 22. The molecule has 6 nitrogen and oxygen atoms in total. The lowest BCUT2D eigenvalue weighted by atomic mass is 10.1. The lowest BCUT2D eigenvalue weighted by molar-refractivity contribution is -0.167. The van der Waals surface area contributed by atoms with E-state index in [0.717, 1.165) is 109 Å².